The molecule has 0 saturated heterocycles. The van der Waals surface area contributed by atoms with Crippen LogP contribution < -0.4 is 0 Å². The van der Waals surface area contributed by atoms with Crippen LogP contribution >= 0.6 is 0 Å². The first-order chi connectivity index (χ1) is 18.8. The molecule has 0 radical (unpaired) electrons. The van der Waals surface area contributed by atoms with E-state index in [-0.39, 0.29) is 6.10 Å². The SMILES string of the molecule is C=CCCCCCCCCCCCCCCCCCCCCCCCCCCCCCC[C@@H](O)CCCC. The summed E-state index contributed by atoms with van der Waals surface area (Å²) in [6, 6.07) is 0. The summed E-state index contributed by atoms with van der Waals surface area (Å²) >= 11 is 0. The zero-order chi connectivity index (χ0) is 27.6. The molecule has 0 aliphatic carbocycles. The summed E-state index contributed by atoms with van der Waals surface area (Å²) in [5.41, 5.74) is 0. The third-order valence-corrected chi connectivity index (χ3v) is 8.59. The van der Waals surface area contributed by atoms with E-state index in [9.17, 15) is 5.11 Å². The van der Waals surface area contributed by atoms with Crippen LogP contribution in [0.15, 0.2) is 12.7 Å². The normalized spacial score (nSPS) is 12.3. The molecule has 0 unspecified atom stereocenters. The van der Waals surface area contributed by atoms with Crippen molar-refractivity contribution in [2.75, 3.05) is 0 Å². The van der Waals surface area contributed by atoms with E-state index < -0.39 is 0 Å². The van der Waals surface area contributed by atoms with Gasteiger partial charge in [0.25, 0.3) is 0 Å². The van der Waals surface area contributed by atoms with Crippen LogP contribution in [-0.4, -0.2) is 11.2 Å². The van der Waals surface area contributed by atoms with Crippen LogP contribution in [-0.2, 0) is 0 Å². The van der Waals surface area contributed by atoms with E-state index in [0.717, 1.165) is 12.8 Å². The van der Waals surface area contributed by atoms with Crippen molar-refractivity contribution in [1.29, 1.82) is 0 Å². The maximum Gasteiger partial charge on any atom is 0.0540 e. The van der Waals surface area contributed by atoms with Gasteiger partial charge in [0.1, 0.15) is 0 Å². The van der Waals surface area contributed by atoms with Crippen LogP contribution in [0.2, 0.25) is 0 Å². The smallest absolute Gasteiger partial charge is 0.0540 e. The van der Waals surface area contributed by atoms with Crippen LogP contribution in [0.4, 0.5) is 0 Å². The molecule has 0 saturated carbocycles. The van der Waals surface area contributed by atoms with Gasteiger partial charge >= 0.3 is 0 Å². The molecular weight excluding hydrogens is 460 g/mol. The minimum atomic E-state index is -0.0350. The number of hydrogen-bond acceptors (Lipinski definition) is 1. The molecule has 0 rings (SSSR count). The Balaban J connectivity index is 3.05. The lowest BCUT2D eigenvalue weighted by molar-refractivity contribution is 0.148. The van der Waals surface area contributed by atoms with Gasteiger partial charge in [-0.2, -0.15) is 0 Å². The number of aliphatic hydroxyl groups is 1. The molecule has 0 spiro atoms. The molecule has 0 aromatic carbocycles. The predicted octanol–water partition coefficient (Wildman–Crippen LogP) is 13.4. The van der Waals surface area contributed by atoms with Gasteiger partial charge in [0, 0.05) is 0 Å². The summed E-state index contributed by atoms with van der Waals surface area (Å²) in [7, 11) is 0. The van der Waals surface area contributed by atoms with Gasteiger partial charge in [0.2, 0.25) is 0 Å². The summed E-state index contributed by atoms with van der Waals surface area (Å²) in [5.74, 6) is 0. The molecule has 1 N–H and O–H groups in total. The largest absolute Gasteiger partial charge is 0.393 e. The second kappa shape index (κ2) is 34.7. The second-order valence-corrected chi connectivity index (χ2v) is 12.6. The van der Waals surface area contributed by atoms with Crippen LogP contribution in [0.1, 0.15) is 219 Å². The van der Waals surface area contributed by atoms with Crippen molar-refractivity contribution in [2.45, 2.75) is 225 Å². The Hall–Kier alpha value is -0.300. The van der Waals surface area contributed by atoms with E-state index in [4.69, 9.17) is 0 Å². The lowest BCUT2D eigenvalue weighted by atomic mass is 10.0. The van der Waals surface area contributed by atoms with E-state index in [0.29, 0.717) is 0 Å². The number of allylic oxidation sites excluding steroid dienone is 1. The Morgan fingerprint density at radius 3 is 0.895 bits per heavy atom. The monoisotopic (exact) mass is 535 g/mol. The summed E-state index contributed by atoms with van der Waals surface area (Å²) in [6.07, 6.45) is 47.9. The molecule has 228 valence electrons. The number of hydrogen-bond donors (Lipinski definition) is 1. The summed E-state index contributed by atoms with van der Waals surface area (Å²) in [6.45, 7) is 6.00. The van der Waals surface area contributed by atoms with E-state index in [1.54, 1.807) is 0 Å². The van der Waals surface area contributed by atoms with Gasteiger partial charge in [-0.1, -0.05) is 199 Å². The third-order valence-electron chi connectivity index (χ3n) is 8.59. The maximum atomic E-state index is 9.88. The van der Waals surface area contributed by atoms with Crippen LogP contribution in [0, 0.1) is 0 Å². The van der Waals surface area contributed by atoms with Crippen molar-refractivity contribution >= 4 is 0 Å². The highest BCUT2D eigenvalue weighted by molar-refractivity contribution is 4.65. The van der Waals surface area contributed by atoms with Crippen LogP contribution in [0.25, 0.3) is 0 Å². The average molecular weight is 535 g/mol. The van der Waals surface area contributed by atoms with Gasteiger partial charge in [-0.3, -0.25) is 0 Å². The van der Waals surface area contributed by atoms with E-state index in [1.165, 1.54) is 199 Å². The van der Waals surface area contributed by atoms with Crippen molar-refractivity contribution in [1.82, 2.24) is 0 Å². The fourth-order valence-electron chi connectivity index (χ4n) is 5.85. The Morgan fingerprint density at radius 2 is 0.632 bits per heavy atom. The molecule has 38 heavy (non-hydrogen) atoms. The Bertz CT molecular complexity index is 417. The molecule has 0 amide bonds. The van der Waals surface area contributed by atoms with Crippen molar-refractivity contribution in [3.05, 3.63) is 12.7 Å². The molecule has 1 atom stereocenters. The Kier molecular flexibility index (Phi) is 34.5. The van der Waals surface area contributed by atoms with Gasteiger partial charge in [-0.25, -0.2) is 0 Å². The van der Waals surface area contributed by atoms with Gasteiger partial charge in [-0.15, -0.1) is 6.58 Å². The molecular formula is C37H74O. The van der Waals surface area contributed by atoms with Gasteiger partial charge in [0.15, 0.2) is 0 Å². The topological polar surface area (TPSA) is 20.2 Å². The average Bonchev–Trinajstić information content (AvgIpc) is 2.93. The molecule has 0 aliphatic heterocycles. The fraction of sp³-hybridized carbons (Fsp3) is 0.946. The third kappa shape index (κ3) is 33.7. The molecule has 1 nitrogen and oxygen atoms in total. The lowest BCUT2D eigenvalue weighted by Crippen LogP contribution is -2.05. The number of aliphatic hydroxyl groups excluding tert-OH is 1. The van der Waals surface area contributed by atoms with Crippen LogP contribution in [0.3, 0.4) is 0 Å². The minimum Gasteiger partial charge on any atom is -0.393 e. The fourth-order valence-corrected chi connectivity index (χ4v) is 5.85. The molecule has 0 bridgehead atoms. The standard InChI is InChI=1S/C37H74O/c1-3-5-7-8-9-10-11-12-13-14-15-16-17-18-19-20-21-22-23-24-25-26-27-28-29-30-31-32-33-34-36-37(38)35-6-4-2/h3,37-38H,1,4-36H2,2H3/t37-/m0/s1. The highest BCUT2D eigenvalue weighted by atomic mass is 16.3. The van der Waals surface area contributed by atoms with Gasteiger partial charge in [-0.05, 0) is 25.7 Å². The summed E-state index contributed by atoms with van der Waals surface area (Å²) in [5, 5.41) is 9.88. The second-order valence-electron chi connectivity index (χ2n) is 12.6. The quantitative estimate of drug-likeness (QED) is 0.0642. The molecule has 1 heteroatoms. The van der Waals surface area contributed by atoms with Crippen molar-refractivity contribution < 1.29 is 5.11 Å². The van der Waals surface area contributed by atoms with E-state index >= 15 is 0 Å². The zero-order valence-corrected chi connectivity index (χ0v) is 26.6. The van der Waals surface area contributed by atoms with Crippen molar-refractivity contribution in [2.24, 2.45) is 0 Å². The highest BCUT2D eigenvalue weighted by Crippen LogP contribution is 2.17. The first-order valence-electron chi connectivity index (χ1n) is 18.1. The Labute approximate surface area is 242 Å². The first kappa shape index (κ1) is 37.7. The zero-order valence-electron chi connectivity index (χ0n) is 26.6. The van der Waals surface area contributed by atoms with Crippen LogP contribution in [0.5, 0.6) is 0 Å². The van der Waals surface area contributed by atoms with Gasteiger partial charge < -0.3 is 5.11 Å². The molecule has 0 fully saturated rings. The van der Waals surface area contributed by atoms with E-state index in [2.05, 4.69) is 19.6 Å². The van der Waals surface area contributed by atoms with Crippen molar-refractivity contribution in [3.8, 4) is 0 Å². The maximum absolute atomic E-state index is 9.88. The van der Waals surface area contributed by atoms with Gasteiger partial charge in [0.05, 0.1) is 6.10 Å². The summed E-state index contributed by atoms with van der Waals surface area (Å²) in [4.78, 5) is 0. The Morgan fingerprint density at radius 1 is 0.395 bits per heavy atom. The summed E-state index contributed by atoms with van der Waals surface area (Å²) < 4.78 is 0. The number of unbranched alkanes of at least 4 members (excludes halogenated alkanes) is 29. The molecule has 0 aromatic heterocycles. The predicted molar refractivity (Wildman–Crippen MR) is 174 cm³/mol. The van der Waals surface area contributed by atoms with Crippen molar-refractivity contribution in [3.63, 3.8) is 0 Å². The number of rotatable bonds is 34. The lowest BCUT2D eigenvalue weighted by Gasteiger charge is -2.09. The molecule has 0 aliphatic rings. The molecule has 0 aromatic rings. The minimum absolute atomic E-state index is 0.0350. The first-order valence-corrected chi connectivity index (χ1v) is 18.1. The highest BCUT2D eigenvalue weighted by Gasteiger charge is 2.02. The molecule has 0 heterocycles. The van der Waals surface area contributed by atoms with E-state index in [1.807, 2.05) is 0 Å².